The standard InChI is InChI=1S/C20H17NO2/c1-15-8-5-6-12-18(15)19(16-9-3-2-4-10-16)23-20(22)17-11-7-13-21-14-17/h2-14,19H,1H3. The van der Waals surface area contributed by atoms with Gasteiger partial charge in [-0.15, -0.1) is 0 Å². The van der Waals surface area contributed by atoms with Crippen molar-refractivity contribution in [2.24, 2.45) is 0 Å². The fraction of sp³-hybridized carbons (Fsp3) is 0.100. The van der Waals surface area contributed by atoms with Crippen LogP contribution in [0.2, 0.25) is 0 Å². The van der Waals surface area contributed by atoms with Crippen molar-refractivity contribution in [3.05, 3.63) is 101 Å². The summed E-state index contributed by atoms with van der Waals surface area (Å²) in [5.74, 6) is -0.379. The van der Waals surface area contributed by atoms with Crippen molar-refractivity contribution in [1.29, 1.82) is 0 Å². The predicted octanol–water partition coefficient (Wildman–Crippen LogP) is 4.34. The molecule has 0 radical (unpaired) electrons. The number of pyridine rings is 1. The Labute approximate surface area is 135 Å². The smallest absolute Gasteiger partial charge is 0.340 e. The van der Waals surface area contributed by atoms with Gasteiger partial charge < -0.3 is 4.74 Å². The molecule has 0 fully saturated rings. The topological polar surface area (TPSA) is 39.2 Å². The number of rotatable bonds is 4. The Balaban J connectivity index is 1.97. The second-order valence-corrected chi connectivity index (χ2v) is 5.29. The maximum Gasteiger partial charge on any atom is 0.340 e. The molecule has 0 saturated heterocycles. The van der Waals surface area contributed by atoms with E-state index < -0.39 is 6.10 Å². The number of nitrogens with zero attached hydrogens (tertiary/aromatic N) is 1. The first-order valence-corrected chi connectivity index (χ1v) is 7.47. The molecule has 3 heteroatoms. The van der Waals surface area contributed by atoms with Crippen LogP contribution in [0.4, 0.5) is 0 Å². The third-order valence-electron chi connectivity index (χ3n) is 3.70. The molecule has 0 spiro atoms. The molecule has 2 aromatic carbocycles. The second kappa shape index (κ2) is 6.88. The molecule has 0 aliphatic carbocycles. The zero-order valence-corrected chi connectivity index (χ0v) is 12.8. The number of carbonyl (C=O) groups is 1. The molecule has 1 atom stereocenters. The molecule has 3 aromatic rings. The summed E-state index contributed by atoms with van der Waals surface area (Å²) in [6, 6.07) is 21.1. The van der Waals surface area contributed by atoms with Crippen molar-refractivity contribution >= 4 is 5.97 Å². The Morgan fingerprint density at radius 2 is 1.70 bits per heavy atom. The van der Waals surface area contributed by atoms with Crippen LogP contribution in [0.25, 0.3) is 0 Å². The number of esters is 1. The van der Waals surface area contributed by atoms with Crippen LogP contribution in [0, 0.1) is 6.92 Å². The van der Waals surface area contributed by atoms with Gasteiger partial charge in [0, 0.05) is 12.4 Å². The Bertz CT molecular complexity index is 785. The van der Waals surface area contributed by atoms with Gasteiger partial charge >= 0.3 is 5.97 Å². The summed E-state index contributed by atoms with van der Waals surface area (Å²) in [6.45, 7) is 2.02. The molecule has 0 N–H and O–H groups in total. The molecule has 3 nitrogen and oxygen atoms in total. The summed E-state index contributed by atoms with van der Waals surface area (Å²) < 4.78 is 5.81. The summed E-state index contributed by atoms with van der Waals surface area (Å²) >= 11 is 0. The van der Waals surface area contributed by atoms with Gasteiger partial charge in [0.1, 0.15) is 0 Å². The third-order valence-corrected chi connectivity index (χ3v) is 3.70. The van der Waals surface area contributed by atoms with Crippen molar-refractivity contribution in [3.63, 3.8) is 0 Å². The molecule has 0 amide bonds. The Kier molecular flexibility index (Phi) is 4.48. The van der Waals surface area contributed by atoms with Crippen molar-refractivity contribution < 1.29 is 9.53 Å². The molecule has 0 saturated carbocycles. The van der Waals surface area contributed by atoms with Crippen LogP contribution in [0.15, 0.2) is 79.1 Å². The fourth-order valence-electron chi connectivity index (χ4n) is 2.48. The SMILES string of the molecule is Cc1ccccc1C(OC(=O)c1cccnc1)c1ccccc1. The van der Waals surface area contributed by atoms with Gasteiger partial charge in [0.25, 0.3) is 0 Å². The predicted molar refractivity (Wildman–Crippen MR) is 89.1 cm³/mol. The maximum absolute atomic E-state index is 12.5. The van der Waals surface area contributed by atoms with Crippen molar-refractivity contribution in [3.8, 4) is 0 Å². The number of hydrogen-bond acceptors (Lipinski definition) is 3. The highest BCUT2D eigenvalue weighted by molar-refractivity contribution is 5.89. The first kappa shape index (κ1) is 15.0. The van der Waals surface area contributed by atoms with Crippen LogP contribution in [0.3, 0.4) is 0 Å². The quantitative estimate of drug-likeness (QED) is 0.673. The monoisotopic (exact) mass is 303 g/mol. The lowest BCUT2D eigenvalue weighted by Gasteiger charge is -2.20. The molecule has 3 rings (SSSR count). The number of carbonyl (C=O) groups excluding carboxylic acids is 1. The lowest BCUT2D eigenvalue weighted by Crippen LogP contribution is -2.14. The first-order valence-electron chi connectivity index (χ1n) is 7.47. The maximum atomic E-state index is 12.5. The minimum Gasteiger partial charge on any atom is -0.449 e. The van der Waals surface area contributed by atoms with E-state index in [4.69, 9.17) is 4.74 Å². The molecule has 1 unspecified atom stereocenters. The van der Waals surface area contributed by atoms with Crippen molar-refractivity contribution in [1.82, 2.24) is 4.98 Å². The number of aromatic nitrogens is 1. The number of benzene rings is 2. The van der Waals surface area contributed by atoms with Crippen LogP contribution < -0.4 is 0 Å². The van der Waals surface area contributed by atoms with Crippen LogP contribution in [-0.2, 0) is 4.74 Å². The highest BCUT2D eigenvalue weighted by Crippen LogP contribution is 2.29. The second-order valence-electron chi connectivity index (χ2n) is 5.29. The molecule has 0 bridgehead atoms. The number of ether oxygens (including phenoxy) is 1. The molecule has 0 aliphatic rings. The van der Waals surface area contributed by atoms with Crippen LogP contribution in [0.5, 0.6) is 0 Å². The lowest BCUT2D eigenvalue weighted by atomic mass is 9.97. The molecule has 1 aromatic heterocycles. The summed E-state index contributed by atoms with van der Waals surface area (Å²) in [5.41, 5.74) is 3.46. The molecule has 23 heavy (non-hydrogen) atoms. The van der Waals surface area contributed by atoms with Crippen LogP contribution in [0.1, 0.15) is 33.2 Å². The molecular weight excluding hydrogens is 286 g/mol. The zero-order chi connectivity index (χ0) is 16.1. The lowest BCUT2D eigenvalue weighted by molar-refractivity contribution is 0.0376. The van der Waals surface area contributed by atoms with Gasteiger partial charge in [-0.05, 0) is 35.7 Å². The average molecular weight is 303 g/mol. The van der Waals surface area contributed by atoms with Crippen molar-refractivity contribution in [2.45, 2.75) is 13.0 Å². The number of aryl methyl sites for hydroxylation is 1. The summed E-state index contributed by atoms with van der Waals surface area (Å²) in [4.78, 5) is 16.4. The molecule has 1 heterocycles. The number of hydrogen-bond donors (Lipinski definition) is 0. The Hall–Kier alpha value is -2.94. The van der Waals surface area contributed by atoms with E-state index in [1.54, 1.807) is 18.3 Å². The molecule has 0 aliphatic heterocycles. The summed E-state index contributed by atoms with van der Waals surface area (Å²) in [6.07, 6.45) is 2.71. The first-order chi connectivity index (χ1) is 11.3. The minimum absolute atomic E-state index is 0.379. The largest absolute Gasteiger partial charge is 0.449 e. The van der Waals surface area contributed by atoms with Gasteiger partial charge in [-0.2, -0.15) is 0 Å². The molecular formula is C20H17NO2. The average Bonchev–Trinajstić information content (AvgIpc) is 2.62. The highest BCUT2D eigenvalue weighted by atomic mass is 16.5. The highest BCUT2D eigenvalue weighted by Gasteiger charge is 2.21. The van der Waals surface area contributed by atoms with Gasteiger partial charge in [0.05, 0.1) is 5.56 Å². The Morgan fingerprint density at radius 1 is 0.957 bits per heavy atom. The normalized spacial score (nSPS) is 11.7. The van der Waals surface area contributed by atoms with E-state index in [-0.39, 0.29) is 5.97 Å². The Morgan fingerprint density at radius 3 is 2.39 bits per heavy atom. The van der Waals surface area contributed by atoms with E-state index in [0.717, 1.165) is 16.7 Å². The van der Waals surface area contributed by atoms with Gasteiger partial charge in [-0.1, -0.05) is 54.6 Å². The van der Waals surface area contributed by atoms with Crippen molar-refractivity contribution in [2.75, 3.05) is 0 Å². The summed E-state index contributed by atoms with van der Waals surface area (Å²) in [7, 11) is 0. The van der Waals surface area contributed by atoms with Crippen LogP contribution >= 0.6 is 0 Å². The van der Waals surface area contributed by atoms with E-state index in [1.165, 1.54) is 6.20 Å². The van der Waals surface area contributed by atoms with Gasteiger partial charge in [0.15, 0.2) is 6.10 Å². The van der Waals surface area contributed by atoms with Gasteiger partial charge in [-0.3, -0.25) is 4.98 Å². The van der Waals surface area contributed by atoms with E-state index in [9.17, 15) is 4.79 Å². The van der Waals surface area contributed by atoms with E-state index >= 15 is 0 Å². The zero-order valence-electron chi connectivity index (χ0n) is 12.8. The fourth-order valence-corrected chi connectivity index (χ4v) is 2.48. The minimum atomic E-state index is -0.440. The van der Waals surface area contributed by atoms with E-state index in [0.29, 0.717) is 5.56 Å². The van der Waals surface area contributed by atoms with E-state index in [1.807, 2.05) is 61.5 Å². The third kappa shape index (κ3) is 3.46. The summed E-state index contributed by atoms with van der Waals surface area (Å²) in [5, 5.41) is 0. The molecule has 114 valence electrons. The van der Waals surface area contributed by atoms with Crippen LogP contribution in [-0.4, -0.2) is 11.0 Å². The van der Waals surface area contributed by atoms with E-state index in [2.05, 4.69) is 4.98 Å². The van der Waals surface area contributed by atoms with Gasteiger partial charge in [-0.25, -0.2) is 4.79 Å². The van der Waals surface area contributed by atoms with Gasteiger partial charge in [0.2, 0.25) is 0 Å².